The highest BCUT2D eigenvalue weighted by Gasteiger charge is 2.42. The van der Waals surface area contributed by atoms with Crippen LogP contribution in [0.5, 0.6) is 17.2 Å². The highest BCUT2D eigenvalue weighted by Crippen LogP contribution is 2.40. The van der Waals surface area contributed by atoms with E-state index in [1.165, 1.54) is 5.56 Å². The number of fused-ring (bicyclic) bond motifs is 2. The third-order valence-corrected chi connectivity index (χ3v) is 5.82. The molecule has 1 saturated heterocycles. The number of carbonyl (C=O) groups is 1. The lowest BCUT2D eigenvalue weighted by Crippen LogP contribution is -2.56. The van der Waals surface area contributed by atoms with Crippen molar-refractivity contribution in [2.24, 2.45) is 0 Å². The van der Waals surface area contributed by atoms with Crippen molar-refractivity contribution in [3.63, 3.8) is 0 Å². The van der Waals surface area contributed by atoms with E-state index in [0.717, 1.165) is 56.0 Å². The van der Waals surface area contributed by atoms with Gasteiger partial charge >= 0.3 is 6.09 Å². The molecule has 1 N–H and O–H groups in total. The van der Waals surface area contributed by atoms with E-state index >= 15 is 0 Å². The summed E-state index contributed by atoms with van der Waals surface area (Å²) in [6.07, 6.45) is 2.35. The quantitative estimate of drug-likeness (QED) is 0.859. The zero-order valence-electron chi connectivity index (χ0n) is 16.4. The Morgan fingerprint density at radius 2 is 1.82 bits per heavy atom. The van der Waals surface area contributed by atoms with Gasteiger partial charge in [0.25, 0.3) is 0 Å². The third-order valence-electron chi connectivity index (χ3n) is 5.82. The van der Waals surface area contributed by atoms with Crippen LogP contribution in [-0.4, -0.2) is 44.8 Å². The van der Waals surface area contributed by atoms with Crippen molar-refractivity contribution < 1.29 is 19.0 Å². The van der Waals surface area contributed by atoms with Crippen molar-refractivity contribution in [3.8, 4) is 17.2 Å². The fourth-order valence-electron chi connectivity index (χ4n) is 4.22. The van der Waals surface area contributed by atoms with Gasteiger partial charge in [0.2, 0.25) is 0 Å². The number of methoxy groups -OCH3 is 2. The lowest BCUT2D eigenvalue weighted by Gasteiger charge is -2.44. The van der Waals surface area contributed by atoms with Gasteiger partial charge in [-0.05, 0) is 43.0 Å². The molecule has 0 unspecified atom stereocenters. The number of para-hydroxylation sites is 1. The number of hydrogen-bond donors (Lipinski definition) is 1. The molecule has 2 aliphatic rings. The van der Waals surface area contributed by atoms with Gasteiger partial charge in [0.15, 0.2) is 11.5 Å². The largest absolute Gasteiger partial charge is 0.493 e. The van der Waals surface area contributed by atoms with Crippen molar-refractivity contribution >= 4 is 6.09 Å². The second kappa shape index (κ2) is 7.72. The van der Waals surface area contributed by atoms with E-state index in [9.17, 15) is 4.79 Å². The van der Waals surface area contributed by atoms with Crippen molar-refractivity contribution in [2.45, 2.75) is 24.8 Å². The van der Waals surface area contributed by atoms with Gasteiger partial charge in [-0.25, -0.2) is 4.79 Å². The van der Waals surface area contributed by atoms with E-state index in [1.54, 1.807) is 14.2 Å². The molecule has 2 aliphatic heterocycles. The summed E-state index contributed by atoms with van der Waals surface area (Å²) in [6.45, 7) is 2.83. The molecule has 0 atom stereocenters. The van der Waals surface area contributed by atoms with Crippen molar-refractivity contribution in [1.82, 2.24) is 10.2 Å². The lowest BCUT2D eigenvalue weighted by atomic mass is 9.79. The number of rotatable bonds is 5. The zero-order chi connectivity index (χ0) is 19.6. The fourth-order valence-corrected chi connectivity index (χ4v) is 4.22. The molecule has 0 aromatic heterocycles. The van der Waals surface area contributed by atoms with Crippen LogP contribution in [0.2, 0.25) is 0 Å². The Kier molecular flexibility index (Phi) is 5.13. The summed E-state index contributed by atoms with van der Waals surface area (Å²) in [4.78, 5) is 14.5. The monoisotopic (exact) mass is 382 g/mol. The number of hydrogen-bond acceptors (Lipinski definition) is 5. The molecule has 148 valence electrons. The third kappa shape index (κ3) is 3.52. The molecular weight excluding hydrogens is 356 g/mol. The molecule has 6 heteroatoms. The summed E-state index contributed by atoms with van der Waals surface area (Å²) in [6, 6.07) is 13.9. The molecule has 2 aromatic rings. The molecule has 1 fully saturated rings. The van der Waals surface area contributed by atoms with Crippen molar-refractivity contribution in [2.75, 3.05) is 33.9 Å². The average Bonchev–Trinajstić information content (AvgIpc) is 2.73. The first-order valence-corrected chi connectivity index (χ1v) is 9.66. The summed E-state index contributed by atoms with van der Waals surface area (Å²) in [5.74, 6) is 2.20. The normalized spacial score (nSPS) is 18.1. The molecule has 28 heavy (non-hydrogen) atoms. The Bertz CT molecular complexity index is 859. The van der Waals surface area contributed by atoms with Crippen LogP contribution in [0.15, 0.2) is 42.5 Å². The first kappa shape index (κ1) is 18.6. The second-order valence-electron chi connectivity index (χ2n) is 7.37. The van der Waals surface area contributed by atoms with E-state index in [1.807, 2.05) is 30.3 Å². The Morgan fingerprint density at radius 3 is 2.57 bits per heavy atom. The van der Waals surface area contributed by atoms with E-state index < -0.39 is 0 Å². The number of amides is 1. The van der Waals surface area contributed by atoms with E-state index in [2.05, 4.69) is 22.3 Å². The number of likely N-dealkylation sites (tertiary alicyclic amines) is 1. The van der Waals surface area contributed by atoms with E-state index in [-0.39, 0.29) is 11.6 Å². The van der Waals surface area contributed by atoms with Gasteiger partial charge in [0.1, 0.15) is 5.75 Å². The first-order chi connectivity index (χ1) is 13.6. The standard InChI is InChI=1S/C22H26N2O4/c1-26-19-8-7-16(15-20(19)27-2)9-12-24-13-10-22(11-14-24)17-5-3-4-6-18(17)28-21(25)23-22/h3-8,15H,9-14H2,1-2H3,(H,23,25). The second-order valence-corrected chi connectivity index (χ2v) is 7.37. The van der Waals surface area contributed by atoms with Gasteiger partial charge in [0.05, 0.1) is 19.8 Å². The van der Waals surface area contributed by atoms with Gasteiger partial charge < -0.3 is 24.4 Å². The molecule has 0 aliphatic carbocycles. The molecule has 2 heterocycles. The molecule has 0 radical (unpaired) electrons. The van der Waals surface area contributed by atoms with Crippen LogP contribution in [0.25, 0.3) is 0 Å². The van der Waals surface area contributed by atoms with E-state index in [0.29, 0.717) is 5.75 Å². The molecule has 2 aromatic carbocycles. The molecule has 1 spiro atoms. The summed E-state index contributed by atoms with van der Waals surface area (Å²) in [5, 5.41) is 3.09. The predicted octanol–water partition coefficient (Wildman–Crippen LogP) is 3.34. The average molecular weight is 382 g/mol. The van der Waals surface area contributed by atoms with Gasteiger partial charge in [0, 0.05) is 25.2 Å². The van der Waals surface area contributed by atoms with Crippen LogP contribution in [0, 0.1) is 0 Å². The predicted molar refractivity (Wildman–Crippen MR) is 106 cm³/mol. The molecule has 4 rings (SSSR count). The molecule has 0 saturated carbocycles. The Morgan fingerprint density at radius 1 is 1.07 bits per heavy atom. The van der Waals surface area contributed by atoms with Gasteiger partial charge in [-0.1, -0.05) is 24.3 Å². The van der Waals surface area contributed by atoms with Crippen LogP contribution in [0.4, 0.5) is 4.79 Å². The molecule has 1 amide bonds. The Labute approximate surface area is 165 Å². The maximum atomic E-state index is 12.0. The van der Waals surface area contributed by atoms with Crippen molar-refractivity contribution in [1.29, 1.82) is 0 Å². The van der Waals surface area contributed by atoms with Crippen LogP contribution >= 0.6 is 0 Å². The lowest BCUT2D eigenvalue weighted by molar-refractivity contribution is 0.112. The highest BCUT2D eigenvalue weighted by atomic mass is 16.6. The number of nitrogens with one attached hydrogen (secondary N) is 1. The number of ether oxygens (including phenoxy) is 3. The Balaban J connectivity index is 1.39. The van der Waals surface area contributed by atoms with Gasteiger partial charge in [-0.2, -0.15) is 0 Å². The highest BCUT2D eigenvalue weighted by molar-refractivity contribution is 5.75. The maximum absolute atomic E-state index is 12.0. The van der Waals surface area contributed by atoms with Crippen LogP contribution < -0.4 is 19.5 Å². The first-order valence-electron chi connectivity index (χ1n) is 9.66. The van der Waals surface area contributed by atoms with Crippen molar-refractivity contribution in [3.05, 3.63) is 53.6 Å². The van der Waals surface area contributed by atoms with Crippen LogP contribution in [-0.2, 0) is 12.0 Å². The van der Waals surface area contributed by atoms with Gasteiger partial charge in [-0.3, -0.25) is 0 Å². The summed E-state index contributed by atoms with van der Waals surface area (Å²) in [7, 11) is 3.31. The molecule has 6 nitrogen and oxygen atoms in total. The minimum absolute atomic E-state index is 0.314. The number of nitrogens with zero attached hydrogens (tertiary/aromatic N) is 1. The van der Waals surface area contributed by atoms with Crippen LogP contribution in [0.3, 0.4) is 0 Å². The SMILES string of the molecule is COc1ccc(CCN2CCC3(CC2)NC(=O)Oc2ccccc23)cc1OC. The maximum Gasteiger partial charge on any atom is 0.413 e. The topological polar surface area (TPSA) is 60.0 Å². The summed E-state index contributed by atoms with van der Waals surface area (Å²) >= 11 is 0. The minimum atomic E-state index is -0.350. The molecule has 0 bridgehead atoms. The minimum Gasteiger partial charge on any atom is -0.493 e. The Hall–Kier alpha value is -2.73. The smallest absolute Gasteiger partial charge is 0.413 e. The number of benzene rings is 2. The number of piperidine rings is 1. The summed E-state index contributed by atoms with van der Waals surface area (Å²) < 4.78 is 16.0. The van der Waals surface area contributed by atoms with E-state index in [4.69, 9.17) is 14.2 Å². The molecular formula is C22H26N2O4. The van der Waals surface area contributed by atoms with Gasteiger partial charge in [-0.15, -0.1) is 0 Å². The fraction of sp³-hybridized carbons (Fsp3) is 0.409. The van der Waals surface area contributed by atoms with Crippen LogP contribution in [0.1, 0.15) is 24.0 Å². The summed E-state index contributed by atoms with van der Waals surface area (Å²) in [5.41, 5.74) is 2.00. The zero-order valence-corrected chi connectivity index (χ0v) is 16.4. The number of carbonyl (C=O) groups excluding carboxylic acids is 1.